The van der Waals surface area contributed by atoms with Crippen molar-refractivity contribution >= 4 is 19.9 Å². The van der Waals surface area contributed by atoms with Crippen LogP contribution in [0.1, 0.15) is 13.2 Å². The third-order valence-corrected chi connectivity index (χ3v) is 5.88. The number of nitrogens with one attached hydrogen (secondary N) is 1. The van der Waals surface area contributed by atoms with Crippen molar-refractivity contribution in [2.75, 3.05) is 12.3 Å². The van der Waals surface area contributed by atoms with Gasteiger partial charge in [0.1, 0.15) is 0 Å². The first-order chi connectivity index (χ1) is 12.0. The van der Waals surface area contributed by atoms with Gasteiger partial charge in [-0.25, -0.2) is 0 Å². The van der Waals surface area contributed by atoms with Crippen LogP contribution < -0.4 is 16.5 Å². The van der Waals surface area contributed by atoms with Gasteiger partial charge in [0.05, 0.1) is 0 Å². The molecule has 2 aliphatic heterocycles. The predicted octanol–water partition coefficient (Wildman–Crippen LogP) is -0.761. The molecule has 146 valence electrons. The van der Waals surface area contributed by atoms with E-state index in [1.54, 1.807) is 0 Å². The molecule has 0 amide bonds. The normalized spacial score (nSPS) is 31.8. The topological polar surface area (TPSA) is 158 Å². The molecular weight excluding hydrogens is 381 g/mol. The molecule has 0 radical (unpaired) electrons. The number of hydrogen-bond donors (Lipinski definition) is 4. The summed E-state index contributed by atoms with van der Waals surface area (Å²) >= 11 is 0. The molecule has 0 unspecified atom stereocenters. The summed E-state index contributed by atoms with van der Waals surface area (Å²) < 4.78 is 45.4. The summed E-state index contributed by atoms with van der Waals surface area (Å²) in [4.78, 5) is 36.3. The molecule has 0 saturated carbocycles. The van der Waals surface area contributed by atoms with Crippen LogP contribution in [-0.4, -0.2) is 56.3 Å². The zero-order valence-electron chi connectivity index (χ0n) is 13.3. The Labute approximate surface area is 145 Å². The number of aromatic nitrogens is 2. The first kappa shape index (κ1) is 19.0. The average molecular weight is 398 g/mol. The Morgan fingerprint density at radius 2 is 2.31 bits per heavy atom. The SMILES string of the molecule is C[C@H](N[PH]1(O)OC[C@H]2O[C@@H](n3ccc(N)nc3=O)C(F)(F)[C@@H]2O1)C(=O)O. The van der Waals surface area contributed by atoms with Gasteiger partial charge in [-0.3, -0.25) is 0 Å². The number of halogens is 2. The van der Waals surface area contributed by atoms with E-state index in [2.05, 4.69) is 10.1 Å². The van der Waals surface area contributed by atoms with Crippen molar-refractivity contribution in [2.45, 2.75) is 37.3 Å². The molecule has 0 spiro atoms. The van der Waals surface area contributed by atoms with Gasteiger partial charge >= 0.3 is 144 Å². The first-order valence-electron chi connectivity index (χ1n) is 7.46. The van der Waals surface area contributed by atoms with Crippen LogP contribution in [0.2, 0.25) is 0 Å². The van der Waals surface area contributed by atoms with Gasteiger partial charge in [-0.2, -0.15) is 0 Å². The summed E-state index contributed by atoms with van der Waals surface area (Å²) in [5.41, 5.74) is 4.29. The number of alkyl halides is 2. The zero-order valence-corrected chi connectivity index (χ0v) is 14.3. The molecule has 3 rings (SSSR count). The number of carboxylic acids is 1. The number of ether oxygens (including phenoxy) is 1. The molecule has 5 N–H and O–H groups in total. The van der Waals surface area contributed by atoms with Crippen LogP contribution in [0.15, 0.2) is 17.1 Å². The number of nitrogens with zero attached hydrogens (tertiary/aromatic N) is 2. The molecule has 14 heteroatoms. The van der Waals surface area contributed by atoms with Gasteiger partial charge in [0.2, 0.25) is 0 Å². The van der Waals surface area contributed by atoms with Crippen molar-refractivity contribution in [1.29, 1.82) is 0 Å². The molecule has 2 saturated heterocycles. The summed E-state index contributed by atoms with van der Waals surface area (Å²) in [6.45, 7) is 0.716. The van der Waals surface area contributed by atoms with E-state index in [4.69, 9.17) is 24.6 Å². The van der Waals surface area contributed by atoms with Crippen LogP contribution in [-0.2, 0) is 18.6 Å². The number of nitrogens with two attached hydrogens (primary N) is 1. The predicted molar refractivity (Wildman–Crippen MR) is 83.4 cm³/mol. The summed E-state index contributed by atoms with van der Waals surface area (Å²) in [6.07, 6.45) is -4.27. The van der Waals surface area contributed by atoms with Gasteiger partial charge in [-0.1, -0.05) is 0 Å². The van der Waals surface area contributed by atoms with Crippen molar-refractivity contribution in [3.63, 3.8) is 0 Å². The van der Waals surface area contributed by atoms with Gasteiger partial charge < -0.3 is 0 Å². The third kappa shape index (κ3) is 3.29. The second kappa shape index (κ2) is 6.44. The van der Waals surface area contributed by atoms with E-state index in [-0.39, 0.29) is 5.82 Å². The number of nitrogen functional groups attached to an aromatic ring is 1. The molecule has 1 aromatic heterocycles. The number of carbonyl (C=O) groups is 1. The Hall–Kier alpha value is -1.76. The van der Waals surface area contributed by atoms with Crippen LogP contribution in [0.4, 0.5) is 14.6 Å². The Morgan fingerprint density at radius 1 is 1.62 bits per heavy atom. The Balaban J connectivity index is 1.85. The van der Waals surface area contributed by atoms with E-state index in [9.17, 15) is 23.3 Å². The van der Waals surface area contributed by atoms with Gasteiger partial charge in [0.15, 0.2) is 0 Å². The second-order valence-corrected chi connectivity index (χ2v) is 7.86. The average Bonchev–Trinajstić information content (AvgIpc) is 2.78. The van der Waals surface area contributed by atoms with Crippen LogP contribution in [0.3, 0.4) is 0 Å². The first-order valence-corrected chi connectivity index (χ1v) is 9.22. The number of rotatable bonds is 4. The van der Waals surface area contributed by atoms with E-state index >= 15 is 0 Å². The fourth-order valence-electron chi connectivity index (χ4n) is 2.66. The fraction of sp³-hybridized carbons (Fsp3) is 0.583. The number of hydrogen-bond acceptors (Lipinski definition) is 9. The summed E-state index contributed by atoms with van der Waals surface area (Å²) in [7, 11) is -4.40. The molecule has 0 aromatic carbocycles. The Kier molecular flexibility index (Phi) is 4.71. The Bertz CT molecular complexity index is 780. The Morgan fingerprint density at radius 3 is 2.92 bits per heavy atom. The monoisotopic (exact) mass is 398 g/mol. The fourth-order valence-corrected chi connectivity index (χ4v) is 4.60. The molecule has 2 aliphatic rings. The molecule has 0 bridgehead atoms. The molecule has 1 aromatic rings. The summed E-state index contributed by atoms with van der Waals surface area (Å²) in [5.74, 6) is -5.20. The van der Waals surface area contributed by atoms with Gasteiger partial charge in [-0.15, -0.1) is 0 Å². The van der Waals surface area contributed by atoms with Gasteiger partial charge in [-0.05, 0) is 0 Å². The van der Waals surface area contributed by atoms with E-state index in [0.717, 1.165) is 12.3 Å². The number of aliphatic carboxylic acids is 1. The maximum atomic E-state index is 14.8. The van der Waals surface area contributed by atoms with Crippen molar-refractivity contribution in [3.05, 3.63) is 22.7 Å². The molecule has 0 aliphatic carbocycles. The number of fused-ring (bicyclic) bond motifs is 1. The van der Waals surface area contributed by atoms with Crippen molar-refractivity contribution < 1.29 is 37.4 Å². The summed E-state index contributed by atoms with van der Waals surface area (Å²) in [5, 5.41) is 11.1. The van der Waals surface area contributed by atoms with E-state index in [1.807, 2.05) is 0 Å². The standard InChI is InChI=1S/C12H17F2N4O7P/c1-5(9(19)20)17-26(22)23-4-6-8(25-26)12(13,14)10(24-6)18-3-2-7(15)16-11(18)21/h2-3,5-6,8,10,17,22,26H,4H2,1H3,(H,19,20)(H2,15,16,21)/t5-,6+,8+,10+/m0/s1. The van der Waals surface area contributed by atoms with Crippen LogP contribution in [0.25, 0.3) is 0 Å². The minimum absolute atomic E-state index is 0.141. The molecule has 3 heterocycles. The molecule has 2 fully saturated rings. The molecule has 4 atom stereocenters. The van der Waals surface area contributed by atoms with E-state index in [0.29, 0.717) is 4.57 Å². The quantitative estimate of drug-likeness (QED) is 0.475. The maximum absolute atomic E-state index is 14.8. The minimum atomic E-state index is -4.40. The van der Waals surface area contributed by atoms with Gasteiger partial charge in [0, 0.05) is 0 Å². The number of anilines is 1. The number of carboxylic acid groups (broad SMARTS) is 1. The van der Waals surface area contributed by atoms with Crippen molar-refractivity contribution in [2.24, 2.45) is 0 Å². The van der Waals surface area contributed by atoms with Crippen molar-refractivity contribution in [3.8, 4) is 0 Å². The third-order valence-electron chi connectivity index (χ3n) is 3.95. The summed E-state index contributed by atoms with van der Waals surface area (Å²) in [6, 6.07) is -0.139. The van der Waals surface area contributed by atoms with E-state index in [1.165, 1.54) is 6.92 Å². The van der Waals surface area contributed by atoms with Crippen LogP contribution >= 0.6 is 8.09 Å². The van der Waals surface area contributed by atoms with E-state index < -0.39 is 56.8 Å². The van der Waals surface area contributed by atoms with Crippen LogP contribution in [0, 0.1) is 0 Å². The second-order valence-electron chi connectivity index (χ2n) is 5.88. The molecular formula is C12H17F2N4O7P. The molecule has 26 heavy (non-hydrogen) atoms. The zero-order chi connectivity index (χ0) is 19.3. The van der Waals surface area contributed by atoms with Crippen LogP contribution in [0.5, 0.6) is 0 Å². The van der Waals surface area contributed by atoms with Gasteiger partial charge in [0.25, 0.3) is 0 Å². The molecule has 11 nitrogen and oxygen atoms in total. The van der Waals surface area contributed by atoms with Crippen molar-refractivity contribution in [1.82, 2.24) is 14.6 Å².